The van der Waals surface area contributed by atoms with Crippen molar-refractivity contribution >= 4 is 22.6 Å². The molecule has 8 heteroatoms. The normalized spacial score (nSPS) is 11.6. The highest BCUT2D eigenvalue weighted by Crippen LogP contribution is 2.24. The van der Waals surface area contributed by atoms with Crippen LogP contribution in [0.2, 0.25) is 0 Å². The van der Waals surface area contributed by atoms with Gasteiger partial charge in [-0.15, -0.1) is 13.2 Å². The maximum Gasteiger partial charge on any atom is 0.573 e. The van der Waals surface area contributed by atoms with Crippen LogP contribution in [0, 0.1) is 0 Å². The fraction of sp³-hybridized carbons (Fsp3) is 0.250. The summed E-state index contributed by atoms with van der Waals surface area (Å²) in [5.41, 5.74) is 2.38. The fourth-order valence-electron chi connectivity index (χ4n) is 2.82. The summed E-state index contributed by atoms with van der Waals surface area (Å²) in [5, 5.41) is 3.77. The zero-order chi connectivity index (χ0) is 20.3. The number of nitrogens with zero attached hydrogens (tertiary/aromatic N) is 1. The quantitative estimate of drug-likeness (QED) is 0.603. The van der Waals surface area contributed by atoms with Gasteiger partial charge >= 0.3 is 12.4 Å². The van der Waals surface area contributed by atoms with Crippen molar-refractivity contribution in [3.05, 3.63) is 60.3 Å². The van der Waals surface area contributed by atoms with Gasteiger partial charge in [-0.05, 0) is 67.3 Å². The van der Waals surface area contributed by atoms with E-state index in [0.29, 0.717) is 12.2 Å². The molecule has 0 fully saturated rings. The molecule has 0 unspecified atom stereocenters. The van der Waals surface area contributed by atoms with Crippen molar-refractivity contribution < 1.29 is 22.7 Å². The number of hydrogen-bond donors (Lipinski definition) is 2. The SMILES string of the molecule is CC(C)N(Cc1ccc2[nH]ccc2c1)C(=O)Nc1ccc(OC(F)(F)F)cc1. The van der Waals surface area contributed by atoms with E-state index in [9.17, 15) is 18.0 Å². The molecule has 0 atom stereocenters. The topological polar surface area (TPSA) is 57.4 Å². The summed E-state index contributed by atoms with van der Waals surface area (Å²) in [5.74, 6) is -0.342. The van der Waals surface area contributed by atoms with Gasteiger partial charge in [0, 0.05) is 30.0 Å². The highest BCUT2D eigenvalue weighted by molar-refractivity contribution is 5.89. The highest BCUT2D eigenvalue weighted by Gasteiger charge is 2.31. The van der Waals surface area contributed by atoms with Gasteiger partial charge in [-0.25, -0.2) is 4.79 Å². The third kappa shape index (κ3) is 4.97. The Morgan fingerprint density at radius 1 is 1.14 bits per heavy atom. The van der Waals surface area contributed by atoms with Gasteiger partial charge in [0.1, 0.15) is 5.75 Å². The zero-order valence-electron chi connectivity index (χ0n) is 15.4. The second-order valence-electron chi connectivity index (χ2n) is 6.62. The molecule has 5 nitrogen and oxygen atoms in total. The zero-order valence-corrected chi connectivity index (χ0v) is 15.4. The Labute approximate surface area is 160 Å². The largest absolute Gasteiger partial charge is 0.573 e. The number of carbonyl (C=O) groups excluding carboxylic acids is 1. The second-order valence-corrected chi connectivity index (χ2v) is 6.62. The molecule has 3 rings (SSSR count). The van der Waals surface area contributed by atoms with Crippen LogP contribution in [-0.2, 0) is 6.54 Å². The highest BCUT2D eigenvalue weighted by atomic mass is 19.4. The number of urea groups is 1. The van der Waals surface area contributed by atoms with E-state index in [-0.39, 0.29) is 17.8 Å². The first-order valence-electron chi connectivity index (χ1n) is 8.71. The van der Waals surface area contributed by atoms with Crippen molar-refractivity contribution in [3.8, 4) is 5.75 Å². The van der Waals surface area contributed by atoms with E-state index in [1.807, 2.05) is 44.3 Å². The minimum atomic E-state index is -4.75. The van der Waals surface area contributed by atoms with Gasteiger partial charge in [0.05, 0.1) is 0 Å². The van der Waals surface area contributed by atoms with Gasteiger partial charge in [-0.1, -0.05) is 6.07 Å². The molecule has 0 bridgehead atoms. The standard InChI is InChI=1S/C20H20F3N3O2/c1-13(2)26(12-14-3-8-18-15(11-14)9-10-24-18)19(27)25-16-4-6-17(7-5-16)28-20(21,22)23/h3-11,13,24H,12H2,1-2H3,(H,25,27). The summed E-state index contributed by atoms with van der Waals surface area (Å²) in [4.78, 5) is 17.5. The van der Waals surface area contributed by atoms with E-state index in [2.05, 4.69) is 15.0 Å². The number of nitrogens with one attached hydrogen (secondary N) is 2. The molecule has 2 aromatic carbocycles. The molecule has 1 aromatic heterocycles. The van der Waals surface area contributed by atoms with Gasteiger partial charge in [-0.2, -0.15) is 0 Å². The number of H-pyrrole nitrogens is 1. The van der Waals surface area contributed by atoms with Crippen LogP contribution in [0.3, 0.4) is 0 Å². The van der Waals surface area contributed by atoms with Crippen molar-refractivity contribution in [3.63, 3.8) is 0 Å². The molecule has 0 radical (unpaired) electrons. The van der Waals surface area contributed by atoms with Crippen LogP contribution < -0.4 is 10.1 Å². The predicted octanol–water partition coefficient (Wildman–Crippen LogP) is 5.51. The molecule has 2 amide bonds. The van der Waals surface area contributed by atoms with Crippen molar-refractivity contribution in [2.45, 2.75) is 32.8 Å². The Balaban J connectivity index is 1.69. The maximum absolute atomic E-state index is 12.7. The number of aromatic nitrogens is 1. The number of ether oxygens (including phenoxy) is 1. The fourth-order valence-corrected chi connectivity index (χ4v) is 2.82. The lowest BCUT2D eigenvalue weighted by Gasteiger charge is -2.27. The molecule has 0 aliphatic rings. The van der Waals surface area contributed by atoms with Crippen molar-refractivity contribution in [1.29, 1.82) is 0 Å². The molecule has 0 saturated heterocycles. The molecule has 0 aliphatic heterocycles. The van der Waals surface area contributed by atoms with Crippen LogP contribution in [0.25, 0.3) is 10.9 Å². The molecule has 0 aliphatic carbocycles. The first kappa shape index (κ1) is 19.6. The van der Waals surface area contributed by atoms with Crippen LogP contribution in [0.4, 0.5) is 23.7 Å². The number of rotatable bonds is 5. The molecule has 148 valence electrons. The van der Waals surface area contributed by atoms with E-state index >= 15 is 0 Å². The van der Waals surface area contributed by atoms with Gasteiger partial charge in [-0.3, -0.25) is 0 Å². The van der Waals surface area contributed by atoms with Gasteiger partial charge in [0.25, 0.3) is 0 Å². The first-order chi connectivity index (χ1) is 13.2. The number of amides is 2. The lowest BCUT2D eigenvalue weighted by atomic mass is 10.1. The lowest BCUT2D eigenvalue weighted by Crippen LogP contribution is -2.39. The summed E-state index contributed by atoms with van der Waals surface area (Å²) in [6.07, 6.45) is -2.90. The average molecular weight is 391 g/mol. The number of halogens is 3. The van der Waals surface area contributed by atoms with E-state index < -0.39 is 6.36 Å². The molecular formula is C20H20F3N3O2. The number of carbonyl (C=O) groups is 1. The van der Waals surface area contributed by atoms with Crippen molar-refractivity contribution in [2.75, 3.05) is 5.32 Å². The number of anilines is 1. The van der Waals surface area contributed by atoms with E-state index in [1.54, 1.807) is 4.90 Å². The molecule has 0 spiro atoms. The van der Waals surface area contributed by atoms with Crippen LogP contribution >= 0.6 is 0 Å². The van der Waals surface area contributed by atoms with Crippen LogP contribution in [0.5, 0.6) is 5.75 Å². The minimum Gasteiger partial charge on any atom is -0.406 e. The maximum atomic E-state index is 12.7. The molecule has 1 heterocycles. The Morgan fingerprint density at radius 3 is 2.50 bits per heavy atom. The van der Waals surface area contributed by atoms with Crippen molar-refractivity contribution in [2.24, 2.45) is 0 Å². The molecule has 0 saturated carbocycles. The van der Waals surface area contributed by atoms with Gasteiger partial charge in [0.15, 0.2) is 0 Å². The van der Waals surface area contributed by atoms with Crippen LogP contribution in [0.1, 0.15) is 19.4 Å². The van der Waals surface area contributed by atoms with E-state index in [1.165, 1.54) is 12.1 Å². The Bertz CT molecular complexity index is 949. The minimum absolute atomic E-state index is 0.0743. The smallest absolute Gasteiger partial charge is 0.406 e. The predicted molar refractivity (Wildman–Crippen MR) is 101 cm³/mol. The summed E-state index contributed by atoms with van der Waals surface area (Å²) < 4.78 is 40.5. The summed E-state index contributed by atoms with van der Waals surface area (Å²) in [6, 6.07) is 12.5. The Hall–Kier alpha value is -3.16. The van der Waals surface area contributed by atoms with E-state index in [0.717, 1.165) is 28.6 Å². The van der Waals surface area contributed by atoms with Gasteiger partial charge < -0.3 is 19.9 Å². The number of hydrogen-bond acceptors (Lipinski definition) is 2. The summed E-state index contributed by atoms with van der Waals surface area (Å²) >= 11 is 0. The number of aromatic amines is 1. The monoisotopic (exact) mass is 391 g/mol. The third-order valence-electron chi connectivity index (χ3n) is 4.19. The lowest BCUT2D eigenvalue weighted by molar-refractivity contribution is -0.274. The molecule has 2 N–H and O–H groups in total. The number of alkyl halides is 3. The number of benzene rings is 2. The Morgan fingerprint density at radius 2 is 1.86 bits per heavy atom. The summed E-state index contributed by atoms with van der Waals surface area (Å²) in [7, 11) is 0. The third-order valence-corrected chi connectivity index (χ3v) is 4.19. The summed E-state index contributed by atoms with van der Waals surface area (Å²) in [6.45, 7) is 4.20. The second kappa shape index (κ2) is 7.84. The average Bonchev–Trinajstić information content (AvgIpc) is 3.07. The van der Waals surface area contributed by atoms with Crippen LogP contribution in [-0.4, -0.2) is 28.3 Å². The first-order valence-corrected chi connectivity index (χ1v) is 8.71. The molecule has 28 heavy (non-hydrogen) atoms. The van der Waals surface area contributed by atoms with E-state index in [4.69, 9.17) is 0 Å². The van der Waals surface area contributed by atoms with Crippen molar-refractivity contribution in [1.82, 2.24) is 9.88 Å². The molecule has 3 aromatic rings. The Kier molecular flexibility index (Phi) is 5.48. The number of fused-ring (bicyclic) bond motifs is 1. The molecular weight excluding hydrogens is 371 g/mol. The van der Waals surface area contributed by atoms with Gasteiger partial charge in [0.2, 0.25) is 0 Å². The van der Waals surface area contributed by atoms with Crippen LogP contribution in [0.15, 0.2) is 54.7 Å².